The number of nitrogens with zero attached hydrogens (tertiary/aromatic N) is 2. The van der Waals surface area contributed by atoms with Gasteiger partial charge in [0.25, 0.3) is 0 Å². The van der Waals surface area contributed by atoms with Crippen LogP contribution in [0, 0.1) is 0 Å². The number of fused-ring (bicyclic) bond motifs is 8. The van der Waals surface area contributed by atoms with Gasteiger partial charge in [-0.1, -0.05) is 152 Å². The minimum absolute atomic E-state index is 0.915. The van der Waals surface area contributed by atoms with Crippen LogP contribution in [0.1, 0.15) is 0 Å². The number of aliphatic imine (C=N–C) groups is 1. The third kappa shape index (κ3) is 5.81. The number of aliphatic hydroxyl groups excluding tert-OH is 1. The summed E-state index contributed by atoms with van der Waals surface area (Å²) in [5.74, 6) is 0. The molecule has 58 heavy (non-hydrogen) atoms. The average molecular weight is 763 g/mol. The van der Waals surface area contributed by atoms with Gasteiger partial charge >= 0.3 is 0 Å². The van der Waals surface area contributed by atoms with E-state index in [9.17, 15) is 0 Å². The van der Waals surface area contributed by atoms with E-state index in [1.165, 1.54) is 75.0 Å². The smallest absolute Gasteiger partial charge is 0.0786 e. The lowest BCUT2D eigenvalue weighted by atomic mass is 9.91. The molecule has 0 aliphatic rings. The summed E-state index contributed by atoms with van der Waals surface area (Å²) in [5, 5.41) is 14.5. The maximum atomic E-state index is 7.00. The second-order valence-corrected chi connectivity index (χ2v) is 15.5. The van der Waals surface area contributed by atoms with Crippen LogP contribution in [0.15, 0.2) is 199 Å². The Morgan fingerprint density at radius 1 is 0.448 bits per heavy atom. The summed E-state index contributed by atoms with van der Waals surface area (Å²) in [4.78, 5) is 4.73. The van der Waals surface area contributed by atoms with Gasteiger partial charge in [0, 0.05) is 54.9 Å². The van der Waals surface area contributed by atoms with E-state index in [1.54, 1.807) is 0 Å². The molecule has 2 aromatic heterocycles. The Hall–Kier alpha value is -7.11. The van der Waals surface area contributed by atoms with Gasteiger partial charge < -0.3 is 9.67 Å². The van der Waals surface area contributed by atoms with Crippen molar-refractivity contribution < 1.29 is 5.11 Å². The molecule has 0 radical (unpaired) electrons. The van der Waals surface area contributed by atoms with Crippen LogP contribution in [-0.4, -0.2) is 23.5 Å². The van der Waals surface area contributed by atoms with Gasteiger partial charge in [-0.2, -0.15) is 0 Å². The zero-order chi connectivity index (χ0) is 39.2. The lowest BCUT2D eigenvalue weighted by molar-refractivity contribution is 0.399. The molecule has 0 aliphatic heterocycles. The van der Waals surface area contributed by atoms with Gasteiger partial charge in [-0.05, 0) is 93.3 Å². The Balaban J connectivity index is 0.00000201. The maximum Gasteiger partial charge on any atom is 0.0786 e. The third-order valence-electron chi connectivity index (χ3n) is 11.3. The topological polar surface area (TPSA) is 37.5 Å². The monoisotopic (exact) mass is 762 g/mol. The molecule has 1 N–H and O–H groups in total. The number of aliphatic hydroxyl groups is 1. The number of rotatable bonds is 6. The molecule has 0 saturated heterocycles. The van der Waals surface area contributed by atoms with Crippen LogP contribution in [0.3, 0.4) is 0 Å². The molecule has 0 amide bonds. The molecule has 4 heteroatoms. The van der Waals surface area contributed by atoms with Crippen molar-refractivity contribution in [3.8, 4) is 50.2 Å². The number of thiophene rings is 1. The Morgan fingerprint density at radius 3 is 1.76 bits per heavy atom. The molecular weight excluding hydrogens is 725 g/mol. The zero-order valence-corrected chi connectivity index (χ0v) is 32.7. The van der Waals surface area contributed by atoms with E-state index < -0.39 is 0 Å². The molecule has 0 spiro atoms. The van der Waals surface area contributed by atoms with Gasteiger partial charge in [-0.25, -0.2) is 0 Å². The number of benzene rings is 9. The minimum atomic E-state index is 0.915. The summed E-state index contributed by atoms with van der Waals surface area (Å²) < 4.78 is 4.94. The van der Waals surface area contributed by atoms with Crippen LogP contribution < -0.4 is 0 Å². The van der Waals surface area contributed by atoms with E-state index in [2.05, 4.69) is 205 Å². The predicted molar refractivity (Wildman–Crippen MR) is 250 cm³/mol. The van der Waals surface area contributed by atoms with Gasteiger partial charge in [0.05, 0.1) is 16.7 Å². The Morgan fingerprint density at radius 2 is 1.02 bits per heavy atom. The fourth-order valence-corrected chi connectivity index (χ4v) is 9.83. The van der Waals surface area contributed by atoms with Crippen molar-refractivity contribution in [2.24, 2.45) is 4.99 Å². The van der Waals surface area contributed by atoms with Gasteiger partial charge in [-0.15, -0.1) is 11.3 Å². The molecule has 0 bridgehead atoms. The van der Waals surface area contributed by atoms with Crippen molar-refractivity contribution in [2.75, 3.05) is 7.11 Å². The van der Waals surface area contributed by atoms with Crippen LogP contribution in [0.4, 0.5) is 5.69 Å². The van der Waals surface area contributed by atoms with Crippen molar-refractivity contribution in [3.05, 3.63) is 194 Å². The summed E-state index contributed by atoms with van der Waals surface area (Å²) in [6.07, 6.45) is 0. The number of aromatic nitrogens is 1. The molecule has 11 rings (SSSR count). The first kappa shape index (κ1) is 35.3. The highest BCUT2D eigenvalue weighted by Crippen LogP contribution is 2.49. The summed E-state index contributed by atoms with van der Waals surface area (Å²) in [5.41, 5.74) is 13.7. The molecule has 0 fully saturated rings. The highest BCUT2D eigenvalue weighted by Gasteiger charge is 2.20. The Kier molecular flexibility index (Phi) is 8.99. The van der Waals surface area contributed by atoms with Crippen LogP contribution in [-0.2, 0) is 0 Å². The normalized spacial score (nSPS) is 11.3. The van der Waals surface area contributed by atoms with Crippen molar-refractivity contribution in [3.63, 3.8) is 0 Å². The van der Waals surface area contributed by atoms with Crippen LogP contribution >= 0.6 is 11.3 Å². The summed E-state index contributed by atoms with van der Waals surface area (Å²) in [6.45, 7) is 4.11. The maximum absolute atomic E-state index is 7.00. The molecule has 9 aromatic carbocycles. The summed E-state index contributed by atoms with van der Waals surface area (Å²) in [6, 6.07) is 70.3. The van der Waals surface area contributed by atoms with Crippen LogP contribution in [0.2, 0.25) is 0 Å². The van der Waals surface area contributed by atoms with Crippen molar-refractivity contribution in [1.29, 1.82) is 0 Å². The second-order valence-electron chi connectivity index (χ2n) is 14.4. The average Bonchev–Trinajstić information content (AvgIpc) is 3.85. The summed E-state index contributed by atoms with van der Waals surface area (Å²) >= 11 is 1.84. The van der Waals surface area contributed by atoms with Crippen LogP contribution in [0.25, 0.3) is 103 Å². The summed E-state index contributed by atoms with van der Waals surface area (Å²) in [7, 11) is 1.00. The molecule has 276 valence electrons. The van der Waals surface area contributed by atoms with E-state index >= 15 is 0 Å². The minimum Gasteiger partial charge on any atom is -0.400 e. The fraction of sp³-hybridized carbons (Fsp3) is 0.0185. The van der Waals surface area contributed by atoms with Gasteiger partial charge in [0.1, 0.15) is 0 Å². The highest BCUT2D eigenvalue weighted by atomic mass is 32.1. The van der Waals surface area contributed by atoms with Crippen LogP contribution in [0.5, 0.6) is 0 Å². The highest BCUT2D eigenvalue weighted by molar-refractivity contribution is 7.26. The standard InChI is InChI=1S/C53H34N2S.CH4O/c1-54-53-44(37-14-6-3-7-15-37)33-49-52(43-18-10-11-19-48(43)56-49)50(53)39-22-20-36(21-23-39)40-27-30-46-45(32-40)51-42-17-9-8-16-38(42)26-31-47(51)55(46)41-28-24-35(25-29-41)34-12-4-2-5-13-34;1-2/h2-33H,1H2;2H,1H3. The lowest BCUT2D eigenvalue weighted by Gasteiger charge is -2.15. The second kappa shape index (κ2) is 14.8. The predicted octanol–water partition coefficient (Wildman–Crippen LogP) is 14.9. The Labute approximate surface area is 341 Å². The quantitative estimate of drug-likeness (QED) is 0.168. The zero-order valence-electron chi connectivity index (χ0n) is 31.9. The van der Waals surface area contributed by atoms with Crippen molar-refractivity contribution in [1.82, 2.24) is 4.57 Å². The van der Waals surface area contributed by atoms with E-state index in [4.69, 9.17) is 10.1 Å². The van der Waals surface area contributed by atoms with E-state index in [0.717, 1.165) is 40.7 Å². The molecule has 3 nitrogen and oxygen atoms in total. The first-order valence-corrected chi connectivity index (χ1v) is 20.2. The van der Waals surface area contributed by atoms with Gasteiger partial charge in [0.2, 0.25) is 0 Å². The van der Waals surface area contributed by atoms with E-state index in [0.29, 0.717) is 0 Å². The fourth-order valence-electron chi connectivity index (χ4n) is 8.67. The molecular formula is C54H38N2OS. The number of hydrogen-bond acceptors (Lipinski definition) is 3. The molecule has 0 saturated carbocycles. The third-order valence-corrected chi connectivity index (χ3v) is 12.4. The van der Waals surface area contributed by atoms with E-state index in [-0.39, 0.29) is 0 Å². The first-order chi connectivity index (χ1) is 28.7. The van der Waals surface area contributed by atoms with Crippen molar-refractivity contribution >= 4 is 76.5 Å². The lowest BCUT2D eigenvalue weighted by Crippen LogP contribution is -1.94. The Bertz CT molecular complexity index is 3290. The number of hydrogen-bond donors (Lipinski definition) is 1. The molecule has 2 heterocycles. The molecule has 0 aliphatic carbocycles. The van der Waals surface area contributed by atoms with Crippen molar-refractivity contribution in [2.45, 2.75) is 0 Å². The van der Waals surface area contributed by atoms with E-state index in [1.807, 2.05) is 11.3 Å². The van der Waals surface area contributed by atoms with Gasteiger partial charge in [-0.3, -0.25) is 4.99 Å². The largest absolute Gasteiger partial charge is 0.400 e. The van der Waals surface area contributed by atoms with Gasteiger partial charge in [0.15, 0.2) is 0 Å². The molecule has 11 aromatic rings. The molecule has 0 unspecified atom stereocenters. The SMILES string of the molecule is C=Nc1c(-c2ccccc2)cc2sc3ccccc3c2c1-c1ccc(-c2ccc3c(c2)c2c4ccccc4ccc2n3-c2ccc(-c3ccccc3)cc2)cc1.CO. The molecule has 0 atom stereocenters. The first-order valence-electron chi connectivity index (χ1n) is 19.4.